The van der Waals surface area contributed by atoms with Crippen LogP contribution < -0.4 is 10.1 Å². The lowest BCUT2D eigenvalue weighted by Gasteiger charge is -2.14. The molecule has 2 rings (SSSR count). The van der Waals surface area contributed by atoms with Gasteiger partial charge < -0.3 is 15.2 Å². The zero-order valence-electron chi connectivity index (χ0n) is 12.3. The highest BCUT2D eigenvalue weighted by atomic mass is 35.5. The second-order valence-corrected chi connectivity index (χ2v) is 5.63. The molecule has 2 aromatic carbocycles. The first-order valence-corrected chi connectivity index (χ1v) is 7.35. The molecule has 0 amide bonds. The van der Waals surface area contributed by atoms with Crippen LogP contribution in [-0.4, -0.2) is 11.1 Å². The predicted octanol–water partition coefficient (Wildman–Crippen LogP) is 4.12. The van der Waals surface area contributed by atoms with Crippen molar-refractivity contribution in [2.45, 2.75) is 33.0 Å². The van der Waals surface area contributed by atoms with Crippen molar-refractivity contribution in [3.8, 4) is 11.5 Å². The molecule has 21 heavy (non-hydrogen) atoms. The fourth-order valence-corrected chi connectivity index (χ4v) is 2.08. The molecule has 0 aliphatic carbocycles. The molecule has 4 heteroatoms. The van der Waals surface area contributed by atoms with Crippen LogP contribution in [0.5, 0.6) is 11.5 Å². The van der Waals surface area contributed by atoms with Crippen LogP contribution in [0.4, 0.5) is 0 Å². The van der Waals surface area contributed by atoms with E-state index in [0.29, 0.717) is 17.6 Å². The summed E-state index contributed by atoms with van der Waals surface area (Å²) in [5, 5.41) is 13.1. The van der Waals surface area contributed by atoms with E-state index >= 15 is 0 Å². The average Bonchev–Trinajstić information content (AvgIpc) is 2.48. The molecule has 0 saturated heterocycles. The Morgan fingerprint density at radius 3 is 2.48 bits per heavy atom. The fraction of sp³-hybridized carbons (Fsp3) is 0.294. The van der Waals surface area contributed by atoms with Crippen molar-refractivity contribution in [2.24, 2.45) is 0 Å². The standard InChI is InChI=1S/C17H20ClNO2/c1-12(2)19-10-14-9-15(18)5-8-17(14)21-16-6-3-13(11-20)4-7-16/h3-9,12,19-20H,10-11H2,1-2H3. The minimum Gasteiger partial charge on any atom is -0.457 e. The molecule has 0 saturated carbocycles. The summed E-state index contributed by atoms with van der Waals surface area (Å²) in [6.07, 6.45) is 0. The summed E-state index contributed by atoms with van der Waals surface area (Å²) in [7, 11) is 0. The SMILES string of the molecule is CC(C)NCc1cc(Cl)ccc1Oc1ccc(CO)cc1. The van der Waals surface area contributed by atoms with Crippen LogP contribution in [0.1, 0.15) is 25.0 Å². The lowest BCUT2D eigenvalue weighted by Crippen LogP contribution is -2.22. The predicted molar refractivity (Wildman–Crippen MR) is 85.9 cm³/mol. The van der Waals surface area contributed by atoms with Crippen LogP contribution in [0.25, 0.3) is 0 Å². The van der Waals surface area contributed by atoms with Crippen molar-refractivity contribution < 1.29 is 9.84 Å². The van der Waals surface area contributed by atoms with Crippen molar-refractivity contribution in [3.05, 3.63) is 58.6 Å². The van der Waals surface area contributed by atoms with E-state index in [9.17, 15) is 0 Å². The van der Waals surface area contributed by atoms with Crippen LogP contribution in [0.15, 0.2) is 42.5 Å². The van der Waals surface area contributed by atoms with Crippen molar-refractivity contribution in [3.63, 3.8) is 0 Å². The lowest BCUT2D eigenvalue weighted by molar-refractivity contribution is 0.281. The maximum absolute atomic E-state index is 9.05. The van der Waals surface area contributed by atoms with E-state index in [0.717, 1.165) is 22.6 Å². The molecule has 2 aromatic rings. The molecule has 0 heterocycles. The number of ether oxygens (including phenoxy) is 1. The third-order valence-electron chi connectivity index (χ3n) is 3.06. The Kier molecular flexibility index (Phi) is 5.62. The number of rotatable bonds is 6. The molecule has 0 radical (unpaired) electrons. The second kappa shape index (κ2) is 7.46. The van der Waals surface area contributed by atoms with Crippen molar-refractivity contribution >= 4 is 11.6 Å². The van der Waals surface area contributed by atoms with E-state index in [1.807, 2.05) is 42.5 Å². The maximum Gasteiger partial charge on any atom is 0.132 e. The Hall–Kier alpha value is -1.55. The number of aliphatic hydroxyl groups excluding tert-OH is 1. The van der Waals surface area contributed by atoms with Gasteiger partial charge in [-0.2, -0.15) is 0 Å². The molecule has 0 aliphatic rings. The van der Waals surface area contributed by atoms with Crippen LogP contribution in [-0.2, 0) is 13.2 Å². The zero-order valence-corrected chi connectivity index (χ0v) is 13.0. The van der Waals surface area contributed by atoms with E-state index in [-0.39, 0.29) is 6.61 Å². The molecule has 0 spiro atoms. The highest BCUT2D eigenvalue weighted by molar-refractivity contribution is 6.30. The van der Waals surface area contributed by atoms with Gasteiger partial charge in [-0.3, -0.25) is 0 Å². The smallest absolute Gasteiger partial charge is 0.132 e. The van der Waals surface area contributed by atoms with E-state index in [1.54, 1.807) is 0 Å². The molecule has 112 valence electrons. The van der Waals surface area contributed by atoms with Gasteiger partial charge in [-0.15, -0.1) is 0 Å². The molecule has 0 unspecified atom stereocenters. The Balaban J connectivity index is 2.17. The normalized spacial score (nSPS) is 10.9. The zero-order chi connectivity index (χ0) is 15.2. The average molecular weight is 306 g/mol. The molecule has 2 N–H and O–H groups in total. The van der Waals surface area contributed by atoms with Gasteiger partial charge in [0.05, 0.1) is 6.61 Å². The molecule has 0 fully saturated rings. The first kappa shape index (κ1) is 15.8. The van der Waals surface area contributed by atoms with Gasteiger partial charge in [0.2, 0.25) is 0 Å². The molecular weight excluding hydrogens is 286 g/mol. The van der Waals surface area contributed by atoms with Crippen LogP contribution in [0, 0.1) is 0 Å². The van der Waals surface area contributed by atoms with E-state index < -0.39 is 0 Å². The summed E-state index contributed by atoms with van der Waals surface area (Å²) in [6.45, 7) is 4.92. The number of aliphatic hydroxyl groups is 1. The second-order valence-electron chi connectivity index (χ2n) is 5.19. The van der Waals surface area contributed by atoms with Gasteiger partial charge in [0.1, 0.15) is 11.5 Å². The van der Waals surface area contributed by atoms with E-state index in [2.05, 4.69) is 19.2 Å². The highest BCUT2D eigenvalue weighted by Crippen LogP contribution is 2.28. The molecular formula is C17H20ClNO2. The van der Waals surface area contributed by atoms with Crippen molar-refractivity contribution in [1.29, 1.82) is 0 Å². The van der Waals surface area contributed by atoms with Gasteiger partial charge in [-0.05, 0) is 35.9 Å². The van der Waals surface area contributed by atoms with Crippen LogP contribution in [0.2, 0.25) is 5.02 Å². The van der Waals surface area contributed by atoms with Crippen LogP contribution >= 0.6 is 11.6 Å². The van der Waals surface area contributed by atoms with Gasteiger partial charge in [0.25, 0.3) is 0 Å². The Morgan fingerprint density at radius 1 is 1.14 bits per heavy atom. The van der Waals surface area contributed by atoms with E-state index in [4.69, 9.17) is 21.4 Å². The molecule has 3 nitrogen and oxygen atoms in total. The van der Waals surface area contributed by atoms with Crippen LogP contribution in [0.3, 0.4) is 0 Å². The van der Waals surface area contributed by atoms with Crippen molar-refractivity contribution in [1.82, 2.24) is 5.32 Å². The first-order valence-electron chi connectivity index (χ1n) is 6.98. The topological polar surface area (TPSA) is 41.5 Å². The fourth-order valence-electron chi connectivity index (χ4n) is 1.89. The number of halogens is 1. The molecule has 0 bridgehead atoms. The minimum absolute atomic E-state index is 0.0325. The summed E-state index contributed by atoms with van der Waals surface area (Å²) in [5.41, 5.74) is 1.88. The van der Waals surface area contributed by atoms with Gasteiger partial charge in [0.15, 0.2) is 0 Å². The summed E-state index contributed by atoms with van der Waals surface area (Å²) in [4.78, 5) is 0. The summed E-state index contributed by atoms with van der Waals surface area (Å²) < 4.78 is 5.92. The number of hydrogen-bond acceptors (Lipinski definition) is 3. The van der Waals surface area contributed by atoms with E-state index in [1.165, 1.54) is 0 Å². The number of nitrogens with one attached hydrogen (secondary N) is 1. The van der Waals surface area contributed by atoms with Gasteiger partial charge in [0, 0.05) is 23.2 Å². The monoisotopic (exact) mass is 305 g/mol. The summed E-state index contributed by atoms with van der Waals surface area (Å²) >= 11 is 6.06. The van der Waals surface area contributed by atoms with Crippen molar-refractivity contribution in [2.75, 3.05) is 0 Å². The largest absolute Gasteiger partial charge is 0.457 e. The minimum atomic E-state index is 0.0325. The molecule has 0 aliphatic heterocycles. The first-order chi connectivity index (χ1) is 10.1. The summed E-state index contributed by atoms with van der Waals surface area (Å²) in [6, 6.07) is 13.4. The lowest BCUT2D eigenvalue weighted by atomic mass is 10.2. The quantitative estimate of drug-likeness (QED) is 0.843. The Bertz CT molecular complexity index is 582. The highest BCUT2D eigenvalue weighted by Gasteiger charge is 2.07. The Morgan fingerprint density at radius 2 is 1.86 bits per heavy atom. The third-order valence-corrected chi connectivity index (χ3v) is 3.29. The molecule has 0 atom stereocenters. The number of hydrogen-bond donors (Lipinski definition) is 2. The molecule has 0 aromatic heterocycles. The van der Waals surface area contributed by atoms with Gasteiger partial charge >= 0.3 is 0 Å². The van der Waals surface area contributed by atoms with Gasteiger partial charge in [-0.25, -0.2) is 0 Å². The maximum atomic E-state index is 9.05. The third kappa shape index (κ3) is 4.74. The number of benzene rings is 2. The Labute approximate surface area is 130 Å². The van der Waals surface area contributed by atoms with Gasteiger partial charge in [-0.1, -0.05) is 37.6 Å². The summed E-state index contributed by atoms with van der Waals surface area (Å²) in [5.74, 6) is 1.52.